The predicted octanol–water partition coefficient (Wildman–Crippen LogP) is 1.28. The zero-order valence-corrected chi connectivity index (χ0v) is 14.5. The van der Waals surface area contributed by atoms with Crippen molar-refractivity contribution in [1.82, 2.24) is 14.7 Å². The number of carbonyl (C=O) groups excluding carboxylic acids is 2. The first kappa shape index (κ1) is 17.7. The molecule has 1 saturated heterocycles. The van der Waals surface area contributed by atoms with Crippen LogP contribution >= 0.6 is 0 Å². The minimum Gasteiger partial charge on any atom is -0.479 e. The fourth-order valence-corrected chi connectivity index (χ4v) is 2.73. The van der Waals surface area contributed by atoms with E-state index in [1.165, 1.54) is 37.2 Å². The highest BCUT2D eigenvalue weighted by molar-refractivity contribution is 5.97. The van der Waals surface area contributed by atoms with Crippen LogP contribution in [0, 0.1) is 5.92 Å². The molecule has 1 fully saturated rings. The summed E-state index contributed by atoms with van der Waals surface area (Å²) in [4.78, 5) is 37.4. The van der Waals surface area contributed by atoms with Crippen molar-refractivity contribution in [2.75, 3.05) is 11.9 Å². The summed E-state index contributed by atoms with van der Waals surface area (Å²) in [6.45, 7) is 3.66. The molecule has 2 N–H and O–H groups in total. The Morgan fingerprint density at radius 1 is 1.46 bits per heavy atom. The van der Waals surface area contributed by atoms with Gasteiger partial charge in [-0.2, -0.15) is 5.10 Å². The third-order valence-electron chi connectivity index (χ3n) is 4.46. The molecule has 1 aliphatic heterocycles. The van der Waals surface area contributed by atoms with E-state index >= 15 is 0 Å². The number of carboxylic acids is 1. The van der Waals surface area contributed by atoms with E-state index < -0.39 is 17.4 Å². The number of amides is 2. The van der Waals surface area contributed by atoms with Gasteiger partial charge in [0.05, 0.1) is 30.6 Å². The second kappa shape index (κ2) is 6.66. The van der Waals surface area contributed by atoms with E-state index in [9.17, 15) is 19.5 Å². The molecule has 3 heterocycles. The third-order valence-corrected chi connectivity index (χ3v) is 4.46. The van der Waals surface area contributed by atoms with Crippen LogP contribution in [0.5, 0.6) is 0 Å². The van der Waals surface area contributed by atoms with Crippen molar-refractivity contribution in [3.05, 3.63) is 36.5 Å². The van der Waals surface area contributed by atoms with Gasteiger partial charge in [0, 0.05) is 19.2 Å². The molecule has 26 heavy (non-hydrogen) atoms. The Labute approximate surface area is 149 Å². The van der Waals surface area contributed by atoms with Crippen molar-refractivity contribution in [2.24, 2.45) is 5.92 Å². The molecule has 0 radical (unpaired) electrons. The van der Waals surface area contributed by atoms with Crippen LogP contribution in [0.3, 0.4) is 0 Å². The molecule has 1 unspecified atom stereocenters. The van der Waals surface area contributed by atoms with E-state index in [4.69, 9.17) is 4.42 Å². The summed E-state index contributed by atoms with van der Waals surface area (Å²) in [5, 5.41) is 15.9. The van der Waals surface area contributed by atoms with Crippen molar-refractivity contribution in [3.8, 4) is 0 Å². The molecule has 0 saturated carbocycles. The largest absolute Gasteiger partial charge is 0.479 e. The first-order valence-corrected chi connectivity index (χ1v) is 8.17. The van der Waals surface area contributed by atoms with Crippen LogP contribution in [-0.2, 0) is 26.5 Å². The normalized spacial score (nSPS) is 17.5. The zero-order valence-electron chi connectivity index (χ0n) is 14.5. The van der Waals surface area contributed by atoms with Crippen LogP contribution < -0.4 is 5.32 Å². The minimum absolute atomic E-state index is 0.107. The van der Waals surface area contributed by atoms with Crippen LogP contribution in [0.25, 0.3) is 0 Å². The van der Waals surface area contributed by atoms with Gasteiger partial charge in [-0.1, -0.05) is 0 Å². The molecule has 1 atom stereocenters. The molecule has 3 rings (SSSR count). The van der Waals surface area contributed by atoms with Crippen molar-refractivity contribution < 1.29 is 23.9 Å². The van der Waals surface area contributed by atoms with E-state index in [1.807, 2.05) is 0 Å². The smallest absolute Gasteiger partial charge is 0.331 e. The van der Waals surface area contributed by atoms with Crippen LogP contribution in [-0.4, -0.2) is 44.1 Å². The second-order valence-corrected chi connectivity index (χ2v) is 6.78. The lowest BCUT2D eigenvalue weighted by Gasteiger charge is -2.19. The van der Waals surface area contributed by atoms with Gasteiger partial charge in [0.25, 0.3) is 0 Å². The summed E-state index contributed by atoms with van der Waals surface area (Å²) in [6, 6.07) is 3.52. The maximum absolute atomic E-state index is 12.4. The molecule has 0 aliphatic carbocycles. The number of hydrogen-bond donors (Lipinski definition) is 2. The molecule has 9 nitrogen and oxygen atoms in total. The summed E-state index contributed by atoms with van der Waals surface area (Å²) in [7, 11) is 0. The first-order valence-electron chi connectivity index (χ1n) is 8.17. The van der Waals surface area contributed by atoms with Crippen molar-refractivity contribution in [3.63, 3.8) is 0 Å². The Balaban J connectivity index is 1.61. The third kappa shape index (κ3) is 3.46. The Bertz CT molecular complexity index is 824. The summed E-state index contributed by atoms with van der Waals surface area (Å²) in [5.41, 5.74) is -0.840. The fraction of sp³-hybridized carbons (Fsp3) is 0.412. The molecule has 0 aromatic carbocycles. The second-order valence-electron chi connectivity index (χ2n) is 6.78. The van der Waals surface area contributed by atoms with Gasteiger partial charge in [-0.25, -0.2) is 4.79 Å². The highest BCUT2D eigenvalue weighted by Gasteiger charge is 2.35. The quantitative estimate of drug-likeness (QED) is 0.801. The summed E-state index contributed by atoms with van der Waals surface area (Å²) < 4.78 is 6.51. The van der Waals surface area contributed by atoms with Crippen LogP contribution in [0.15, 0.2) is 35.2 Å². The van der Waals surface area contributed by atoms with Crippen LogP contribution in [0.2, 0.25) is 0 Å². The lowest BCUT2D eigenvalue weighted by atomic mass is 10.1. The van der Waals surface area contributed by atoms with Crippen LogP contribution in [0.1, 0.15) is 26.0 Å². The lowest BCUT2D eigenvalue weighted by molar-refractivity contribution is -0.146. The topological polar surface area (TPSA) is 118 Å². The molecule has 2 amide bonds. The molecule has 1 aliphatic rings. The summed E-state index contributed by atoms with van der Waals surface area (Å²) >= 11 is 0. The van der Waals surface area contributed by atoms with Gasteiger partial charge in [0.1, 0.15) is 5.76 Å². The number of rotatable bonds is 6. The lowest BCUT2D eigenvalue weighted by Crippen LogP contribution is -2.36. The number of furan rings is 1. The van der Waals surface area contributed by atoms with Gasteiger partial charge in [-0.3, -0.25) is 14.3 Å². The van der Waals surface area contributed by atoms with Gasteiger partial charge < -0.3 is 19.7 Å². The average molecular weight is 360 g/mol. The number of aromatic nitrogens is 2. The molecule has 138 valence electrons. The molecule has 0 bridgehead atoms. The molecule has 2 aromatic rings. The molecule has 0 spiro atoms. The van der Waals surface area contributed by atoms with Gasteiger partial charge in [0.2, 0.25) is 11.8 Å². The fourth-order valence-electron chi connectivity index (χ4n) is 2.73. The molecule has 2 aromatic heterocycles. The average Bonchev–Trinajstić information content (AvgIpc) is 3.30. The molecule has 9 heteroatoms. The maximum Gasteiger partial charge on any atom is 0.331 e. The molecular weight excluding hydrogens is 340 g/mol. The van der Waals surface area contributed by atoms with E-state index in [2.05, 4.69) is 10.4 Å². The summed E-state index contributed by atoms with van der Waals surface area (Å²) in [6.07, 6.45) is 4.51. The number of anilines is 1. The van der Waals surface area contributed by atoms with Crippen LogP contribution in [0.4, 0.5) is 5.69 Å². The Morgan fingerprint density at radius 2 is 2.23 bits per heavy atom. The predicted molar refractivity (Wildman–Crippen MR) is 90.0 cm³/mol. The Hall–Kier alpha value is -3.10. The number of nitrogens with one attached hydrogen (secondary N) is 1. The maximum atomic E-state index is 12.4. The highest BCUT2D eigenvalue weighted by atomic mass is 16.4. The van der Waals surface area contributed by atoms with Gasteiger partial charge in [0.15, 0.2) is 5.54 Å². The standard InChI is InChI=1S/C17H20N4O5/c1-17(2,16(24)25)21-9-12(7-18-21)19-15(23)11-6-14(22)20(8-11)10-13-4-3-5-26-13/h3-5,7,9,11H,6,8,10H2,1-2H3,(H,19,23)(H,24,25). The number of nitrogens with zero attached hydrogens (tertiary/aromatic N) is 3. The number of hydrogen-bond acceptors (Lipinski definition) is 5. The van der Waals surface area contributed by atoms with E-state index in [-0.39, 0.29) is 18.2 Å². The van der Waals surface area contributed by atoms with E-state index in [0.29, 0.717) is 24.5 Å². The van der Waals surface area contributed by atoms with Gasteiger partial charge >= 0.3 is 5.97 Å². The number of aliphatic carboxylic acids is 1. The minimum atomic E-state index is -1.23. The van der Waals surface area contributed by atoms with Crippen molar-refractivity contribution in [2.45, 2.75) is 32.4 Å². The highest BCUT2D eigenvalue weighted by Crippen LogP contribution is 2.23. The van der Waals surface area contributed by atoms with Crippen molar-refractivity contribution in [1.29, 1.82) is 0 Å². The number of likely N-dealkylation sites (tertiary alicyclic amines) is 1. The zero-order chi connectivity index (χ0) is 18.9. The summed E-state index contributed by atoms with van der Waals surface area (Å²) in [5.74, 6) is -1.25. The monoisotopic (exact) mass is 360 g/mol. The van der Waals surface area contributed by atoms with Gasteiger partial charge in [-0.15, -0.1) is 0 Å². The number of carboxylic acid groups (broad SMARTS) is 1. The SMILES string of the molecule is CC(C)(C(=O)O)n1cc(NC(=O)C2CC(=O)N(Cc3ccco3)C2)cn1. The van der Waals surface area contributed by atoms with E-state index in [0.717, 1.165) is 0 Å². The Morgan fingerprint density at radius 3 is 2.88 bits per heavy atom. The number of carbonyl (C=O) groups is 3. The van der Waals surface area contributed by atoms with E-state index in [1.54, 1.807) is 17.0 Å². The van der Waals surface area contributed by atoms with Crippen molar-refractivity contribution >= 4 is 23.5 Å². The Kier molecular flexibility index (Phi) is 4.54. The first-order chi connectivity index (χ1) is 12.3. The molecular formula is C17H20N4O5. The van der Waals surface area contributed by atoms with Gasteiger partial charge in [-0.05, 0) is 26.0 Å².